The molecule has 0 radical (unpaired) electrons. The molecule has 0 saturated heterocycles. The number of rotatable bonds is 7. The SMILES string of the molecule is CCNC(=NCc1cc(Cl)c2c(c1)OCCO2)NCc1ccc(OC)c(OC)c1. The molecule has 1 aliphatic heterocycles. The summed E-state index contributed by atoms with van der Waals surface area (Å²) in [6.07, 6.45) is 0. The van der Waals surface area contributed by atoms with E-state index in [0.29, 0.717) is 60.3 Å². The molecule has 156 valence electrons. The number of guanidine groups is 1. The van der Waals surface area contributed by atoms with Crippen molar-refractivity contribution >= 4 is 17.6 Å². The summed E-state index contributed by atoms with van der Waals surface area (Å²) in [6.45, 7) is 4.85. The first-order valence-corrected chi connectivity index (χ1v) is 9.83. The van der Waals surface area contributed by atoms with E-state index in [9.17, 15) is 0 Å². The normalized spacial score (nSPS) is 13.0. The van der Waals surface area contributed by atoms with Gasteiger partial charge in [-0.25, -0.2) is 4.99 Å². The summed E-state index contributed by atoms with van der Waals surface area (Å²) >= 11 is 6.31. The molecule has 0 bridgehead atoms. The first-order valence-electron chi connectivity index (χ1n) is 9.45. The van der Waals surface area contributed by atoms with Gasteiger partial charge in [0.1, 0.15) is 13.2 Å². The van der Waals surface area contributed by atoms with Gasteiger partial charge in [0.2, 0.25) is 0 Å². The maximum atomic E-state index is 6.31. The molecular weight excluding hydrogens is 394 g/mol. The van der Waals surface area contributed by atoms with Crippen molar-refractivity contribution in [3.63, 3.8) is 0 Å². The maximum Gasteiger partial charge on any atom is 0.191 e. The first-order chi connectivity index (χ1) is 14.1. The number of aliphatic imine (C=N–C) groups is 1. The van der Waals surface area contributed by atoms with E-state index in [-0.39, 0.29) is 0 Å². The van der Waals surface area contributed by atoms with Crippen molar-refractivity contribution in [3.8, 4) is 23.0 Å². The highest BCUT2D eigenvalue weighted by molar-refractivity contribution is 6.32. The van der Waals surface area contributed by atoms with E-state index in [2.05, 4.69) is 15.6 Å². The lowest BCUT2D eigenvalue weighted by Crippen LogP contribution is -2.36. The lowest BCUT2D eigenvalue weighted by atomic mass is 10.2. The zero-order valence-corrected chi connectivity index (χ0v) is 17.6. The number of benzene rings is 2. The number of hydrogen-bond donors (Lipinski definition) is 2. The van der Waals surface area contributed by atoms with Crippen molar-refractivity contribution in [2.24, 2.45) is 4.99 Å². The summed E-state index contributed by atoms with van der Waals surface area (Å²) < 4.78 is 21.8. The van der Waals surface area contributed by atoms with Gasteiger partial charge in [0, 0.05) is 13.1 Å². The molecule has 2 aromatic carbocycles. The minimum atomic E-state index is 0.456. The zero-order chi connectivity index (χ0) is 20.6. The van der Waals surface area contributed by atoms with Crippen LogP contribution >= 0.6 is 11.6 Å². The zero-order valence-electron chi connectivity index (χ0n) is 16.9. The monoisotopic (exact) mass is 419 g/mol. The molecule has 0 aromatic heterocycles. The van der Waals surface area contributed by atoms with Gasteiger partial charge in [0.05, 0.1) is 25.8 Å². The summed E-state index contributed by atoms with van der Waals surface area (Å²) in [5.41, 5.74) is 2.00. The van der Waals surface area contributed by atoms with Gasteiger partial charge in [0.25, 0.3) is 0 Å². The van der Waals surface area contributed by atoms with Gasteiger partial charge >= 0.3 is 0 Å². The highest BCUT2D eigenvalue weighted by atomic mass is 35.5. The van der Waals surface area contributed by atoms with Gasteiger partial charge < -0.3 is 29.6 Å². The topological polar surface area (TPSA) is 73.3 Å². The lowest BCUT2D eigenvalue weighted by molar-refractivity contribution is 0.171. The number of hydrogen-bond acceptors (Lipinski definition) is 5. The lowest BCUT2D eigenvalue weighted by Gasteiger charge is -2.20. The fourth-order valence-corrected chi connectivity index (χ4v) is 3.23. The van der Waals surface area contributed by atoms with Crippen molar-refractivity contribution in [3.05, 3.63) is 46.5 Å². The first kappa shape index (κ1) is 20.9. The predicted molar refractivity (Wildman–Crippen MR) is 114 cm³/mol. The van der Waals surface area contributed by atoms with E-state index < -0.39 is 0 Å². The molecule has 0 saturated carbocycles. The third-order valence-corrected chi connectivity index (χ3v) is 4.61. The quantitative estimate of drug-likeness (QED) is 0.529. The molecular formula is C21H26ClN3O4. The largest absolute Gasteiger partial charge is 0.493 e. The number of ether oxygens (including phenoxy) is 4. The molecule has 3 rings (SSSR count). The standard InChI is InChI=1S/C21H26ClN3O4/c1-4-23-21(24-12-14-5-6-17(26-2)18(10-14)27-3)25-13-15-9-16(22)20-19(11-15)28-7-8-29-20/h5-6,9-11H,4,7-8,12-13H2,1-3H3,(H2,23,24,25). The Balaban J connectivity index is 1.68. The Morgan fingerprint density at radius 1 is 1.03 bits per heavy atom. The summed E-state index contributed by atoms with van der Waals surface area (Å²) in [5.74, 6) is 3.36. The molecule has 0 amide bonds. The van der Waals surface area contributed by atoms with Gasteiger partial charge in [-0.1, -0.05) is 17.7 Å². The van der Waals surface area contributed by atoms with Crippen molar-refractivity contribution < 1.29 is 18.9 Å². The summed E-state index contributed by atoms with van der Waals surface area (Å²) in [7, 11) is 3.24. The Hall–Kier alpha value is -2.80. The minimum absolute atomic E-state index is 0.456. The molecule has 7 nitrogen and oxygen atoms in total. The molecule has 29 heavy (non-hydrogen) atoms. The van der Waals surface area contributed by atoms with Gasteiger partial charge in [-0.3, -0.25) is 0 Å². The molecule has 2 aromatic rings. The van der Waals surface area contributed by atoms with Crippen LogP contribution in [0.25, 0.3) is 0 Å². The Kier molecular flexibility index (Phi) is 7.30. The second kappa shape index (κ2) is 10.1. The van der Waals surface area contributed by atoms with E-state index in [1.165, 1.54) is 0 Å². The molecule has 0 unspecified atom stereocenters. The smallest absolute Gasteiger partial charge is 0.191 e. The van der Waals surface area contributed by atoms with Crippen LogP contribution in [0.2, 0.25) is 5.02 Å². The maximum absolute atomic E-state index is 6.31. The molecule has 1 heterocycles. The average Bonchev–Trinajstić information content (AvgIpc) is 2.75. The van der Waals surface area contributed by atoms with Crippen LogP contribution in [-0.2, 0) is 13.1 Å². The van der Waals surface area contributed by atoms with Crippen LogP contribution in [0.5, 0.6) is 23.0 Å². The minimum Gasteiger partial charge on any atom is -0.493 e. The number of fused-ring (bicyclic) bond motifs is 1. The summed E-state index contributed by atoms with van der Waals surface area (Å²) in [5, 5.41) is 7.11. The number of halogens is 1. The molecule has 1 aliphatic rings. The van der Waals surface area contributed by atoms with Crippen molar-refractivity contribution in [2.45, 2.75) is 20.0 Å². The molecule has 8 heteroatoms. The molecule has 0 fully saturated rings. The van der Waals surface area contributed by atoms with E-state index >= 15 is 0 Å². The van der Waals surface area contributed by atoms with Crippen molar-refractivity contribution in [1.29, 1.82) is 0 Å². The molecule has 0 spiro atoms. The Morgan fingerprint density at radius 3 is 2.59 bits per heavy atom. The Morgan fingerprint density at radius 2 is 1.83 bits per heavy atom. The van der Waals surface area contributed by atoms with Crippen LogP contribution in [0, 0.1) is 0 Å². The fraction of sp³-hybridized carbons (Fsp3) is 0.381. The van der Waals surface area contributed by atoms with Gasteiger partial charge in [0.15, 0.2) is 29.0 Å². The van der Waals surface area contributed by atoms with Gasteiger partial charge in [-0.05, 0) is 42.3 Å². The number of nitrogens with zero attached hydrogens (tertiary/aromatic N) is 1. The van der Waals surface area contributed by atoms with Gasteiger partial charge in [-0.15, -0.1) is 0 Å². The van der Waals surface area contributed by atoms with Crippen LogP contribution in [-0.4, -0.2) is 39.9 Å². The van der Waals surface area contributed by atoms with Crippen LogP contribution < -0.4 is 29.6 Å². The van der Waals surface area contributed by atoms with Crippen molar-refractivity contribution in [1.82, 2.24) is 10.6 Å². The second-order valence-corrected chi connectivity index (χ2v) is 6.75. The Bertz CT molecular complexity index is 873. The molecule has 0 aliphatic carbocycles. The summed E-state index contributed by atoms with van der Waals surface area (Å²) in [4.78, 5) is 4.65. The number of methoxy groups -OCH3 is 2. The van der Waals surface area contributed by atoms with E-state index in [1.807, 2.05) is 37.3 Å². The predicted octanol–water partition coefficient (Wildman–Crippen LogP) is 3.38. The van der Waals surface area contributed by atoms with Gasteiger partial charge in [-0.2, -0.15) is 0 Å². The Labute approximate surface area is 176 Å². The van der Waals surface area contributed by atoms with Crippen LogP contribution in [0.1, 0.15) is 18.1 Å². The second-order valence-electron chi connectivity index (χ2n) is 6.34. The third-order valence-electron chi connectivity index (χ3n) is 4.33. The van der Waals surface area contributed by atoms with Crippen LogP contribution in [0.4, 0.5) is 0 Å². The van der Waals surface area contributed by atoms with Crippen molar-refractivity contribution in [2.75, 3.05) is 34.0 Å². The highest BCUT2D eigenvalue weighted by Crippen LogP contribution is 2.38. The van der Waals surface area contributed by atoms with Crippen LogP contribution in [0.15, 0.2) is 35.3 Å². The highest BCUT2D eigenvalue weighted by Gasteiger charge is 2.16. The van der Waals surface area contributed by atoms with E-state index in [4.69, 9.17) is 30.5 Å². The summed E-state index contributed by atoms with van der Waals surface area (Å²) in [6, 6.07) is 9.59. The third kappa shape index (κ3) is 5.38. The average molecular weight is 420 g/mol. The van der Waals surface area contributed by atoms with E-state index in [0.717, 1.165) is 17.7 Å². The van der Waals surface area contributed by atoms with Crippen LogP contribution in [0.3, 0.4) is 0 Å². The fourth-order valence-electron chi connectivity index (χ4n) is 2.94. The van der Waals surface area contributed by atoms with E-state index in [1.54, 1.807) is 14.2 Å². The molecule has 0 atom stereocenters. The molecule has 2 N–H and O–H groups in total. The number of nitrogens with one attached hydrogen (secondary N) is 2.